The van der Waals surface area contributed by atoms with Gasteiger partial charge in [-0.05, 0) is 19.3 Å². The molecule has 6 nitrogen and oxygen atoms in total. The molecule has 0 aliphatic carbocycles. The highest BCUT2D eigenvalue weighted by molar-refractivity contribution is 7.71. The van der Waals surface area contributed by atoms with Crippen LogP contribution in [-0.4, -0.2) is 72.2 Å². The van der Waals surface area contributed by atoms with Crippen LogP contribution in [-0.2, 0) is 18.2 Å². The van der Waals surface area contributed by atoms with Gasteiger partial charge in [-0.2, -0.15) is 0 Å². The maximum Gasteiger partial charge on any atom is 0.356 e. The number of hydrogen-bond donors (Lipinski definition) is 1. The molecule has 1 saturated heterocycles. The average Bonchev–Trinajstić information content (AvgIpc) is 2.73. The third-order valence-electron chi connectivity index (χ3n) is 3.88. The average molecular weight is 298 g/mol. The lowest BCUT2D eigenvalue weighted by Gasteiger charge is -2.32. The first-order valence-electron chi connectivity index (χ1n) is 6.80. The van der Waals surface area contributed by atoms with Gasteiger partial charge in [0.15, 0.2) is 4.77 Å². The van der Waals surface area contributed by atoms with E-state index in [2.05, 4.69) is 21.8 Å². The molecule has 1 aromatic rings. The van der Waals surface area contributed by atoms with Crippen LogP contribution in [0.3, 0.4) is 0 Å². The highest BCUT2D eigenvalue weighted by Gasteiger charge is 2.19. The zero-order valence-corrected chi connectivity index (χ0v) is 13.1. The molecule has 0 aromatic carbocycles. The fraction of sp³-hybridized carbons (Fsp3) is 0.692. The Morgan fingerprint density at radius 2 is 1.95 bits per heavy atom. The zero-order chi connectivity index (χ0) is 14.7. The van der Waals surface area contributed by atoms with Gasteiger partial charge in [0.05, 0.1) is 12.8 Å². The van der Waals surface area contributed by atoms with Crippen LogP contribution in [0.25, 0.3) is 0 Å². The van der Waals surface area contributed by atoms with Gasteiger partial charge in [-0.3, -0.25) is 0 Å². The van der Waals surface area contributed by atoms with E-state index in [1.165, 1.54) is 7.11 Å². The molecule has 0 unspecified atom stereocenters. The summed E-state index contributed by atoms with van der Waals surface area (Å²) in [6.07, 6.45) is 0.789. The van der Waals surface area contributed by atoms with E-state index in [4.69, 9.17) is 17.0 Å². The van der Waals surface area contributed by atoms with E-state index in [1.807, 2.05) is 11.6 Å². The van der Waals surface area contributed by atoms with E-state index in [1.54, 1.807) is 0 Å². The Morgan fingerprint density at radius 3 is 2.55 bits per heavy atom. The van der Waals surface area contributed by atoms with Crippen molar-refractivity contribution in [2.75, 3.05) is 46.9 Å². The lowest BCUT2D eigenvalue weighted by Crippen LogP contribution is -2.45. The van der Waals surface area contributed by atoms with E-state index in [-0.39, 0.29) is 5.97 Å². The predicted octanol–water partition coefficient (Wildman–Crippen LogP) is 0.659. The molecule has 2 rings (SSSR count). The molecule has 7 heteroatoms. The quantitative estimate of drug-likeness (QED) is 0.654. The molecular formula is C13H22N4O2S. The number of H-pyrrole nitrogens is 1. The fourth-order valence-electron chi connectivity index (χ4n) is 2.45. The summed E-state index contributed by atoms with van der Waals surface area (Å²) in [5, 5.41) is 0. The maximum absolute atomic E-state index is 11.8. The number of imidazole rings is 1. The second-order valence-electron chi connectivity index (χ2n) is 5.20. The fourth-order valence-corrected chi connectivity index (χ4v) is 2.66. The predicted molar refractivity (Wildman–Crippen MR) is 79.6 cm³/mol. The van der Waals surface area contributed by atoms with E-state index in [9.17, 15) is 4.79 Å². The van der Waals surface area contributed by atoms with Crippen LogP contribution in [0.15, 0.2) is 0 Å². The largest absolute Gasteiger partial charge is 0.464 e. The standard InChI is InChI=1S/C13H22N4O2S/c1-15-6-8-17(9-7-15)5-4-10-11(12(18)19-3)14-13(20)16(10)2/h4-9H2,1-3H3,(H,14,20). The third kappa shape index (κ3) is 3.28. The van der Waals surface area contributed by atoms with Crippen LogP contribution >= 0.6 is 12.2 Å². The van der Waals surface area contributed by atoms with Crippen molar-refractivity contribution in [2.45, 2.75) is 6.42 Å². The molecule has 20 heavy (non-hydrogen) atoms. The van der Waals surface area contributed by atoms with Crippen molar-refractivity contribution in [3.63, 3.8) is 0 Å². The minimum absolute atomic E-state index is 0.356. The Hall–Kier alpha value is -1.18. The van der Waals surface area contributed by atoms with Crippen molar-refractivity contribution < 1.29 is 9.53 Å². The summed E-state index contributed by atoms with van der Waals surface area (Å²) in [5.74, 6) is -0.356. The third-order valence-corrected chi connectivity index (χ3v) is 4.26. The topological polar surface area (TPSA) is 53.5 Å². The van der Waals surface area contributed by atoms with Crippen LogP contribution in [0.5, 0.6) is 0 Å². The van der Waals surface area contributed by atoms with Crippen molar-refractivity contribution >= 4 is 18.2 Å². The Balaban J connectivity index is 2.05. The van der Waals surface area contributed by atoms with Crippen LogP contribution in [0.1, 0.15) is 16.2 Å². The first kappa shape index (κ1) is 15.2. The molecule has 0 bridgehead atoms. The number of nitrogens with one attached hydrogen (secondary N) is 1. The van der Waals surface area contributed by atoms with Crippen LogP contribution < -0.4 is 0 Å². The number of esters is 1. The van der Waals surface area contributed by atoms with Gasteiger partial charge >= 0.3 is 5.97 Å². The SMILES string of the molecule is COC(=O)c1[nH]c(=S)n(C)c1CCN1CCN(C)CC1. The Kier molecular flexibility index (Phi) is 4.95. The Labute approximate surface area is 124 Å². The first-order valence-corrected chi connectivity index (χ1v) is 7.21. The van der Waals surface area contributed by atoms with Crippen LogP contribution in [0, 0.1) is 4.77 Å². The molecule has 1 N–H and O–H groups in total. The van der Waals surface area contributed by atoms with Crippen LogP contribution in [0.2, 0.25) is 0 Å². The Morgan fingerprint density at radius 1 is 1.30 bits per heavy atom. The molecule has 2 heterocycles. The number of rotatable bonds is 4. The van der Waals surface area contributed by atoms with E-state index >= 15 is 0 Å². The van der Waals surface area contributed by atoms with E-state index in [0.717, 1.165) is 44.8 Å². The zero-order valence-electron chi connectivity index (χ0n) is 12.3. The van der Waals surface area contributed by atoms with Gasteiger partial charge < -0.3 is 24.1 Å². The Bertz CT molecular complexity index is 529. The molecule has 112 valence electrons. The second-order valence-corrected chi connectivity index (χ2v) is 5.58. The molecule has 0 atom stereocenters. The second kappa shape index (κ2) is 6.51. The number of hydrogen-bond acceptors (Lipinski definition) is 5. The minimum atomic E-state index is -0.356. The summed E-state index contributed by atoms with van der Waals surface area (Å²) in [5.41, 5.74) is 1.40. The van der Waals surface area contributed by atoms with E-state index < -0.39 is 0 Å². The number of piperazine rings is 1. The van der Waals surface area contributed by atoms with Gasteiger partial charge in [0.2, 0.25) is 0 Å². The number of carbonyl (C=O) groups is 1. The number of carbonyl (C=O) groups excluding carboxylic acids is 1. The van der Waals surface area contributed by atoms with Gasteiger partial charge in [0.25, 0.3) is 0 Å². The van der Waals surface area contributed by atoms with Gasteiger partial charge in [-0.25, -0.2) is 4.79 Å². The molecular weight excluding hydrogens is 276 g/mol. The molecule has 1 fully saturated rings. The summed E-state index contributed by atoms with van der Waals surface area (Å²) in [7, 11) is 5.41. The van der Waals surface area contributed by atoms with Crippen molar-refractivity contribution in [3.05, 3.63) is 16.2 Å². The summed E-state index contributed by atoms with van der Waals surface area (Å²) in [6, 6.07) is 0. The number of nitrogens with zero attached hydrogens (tertiary/aromatic N) is 3. The molecule has 1 aliphatic heterocycles. The number of methoxy groups -OCH3 is 1. The summed E-state index contributed by atoms with van der Waals surface area (Å²) in [4.78, 5) is 19.4. The lowest BCUT2D eigenvalue weighted by atomic mass is 10.2. The first-order chi connectivity index (χ1) is 9.52. The number of likely N-dealkylation sites (N-methyl/N-ethyl adjacent to an activating group) is 1. The lowest BCUT2D eigenvalue weighted by molar-refractivity contribution is 0.0592. The minimum Gasteiger partial charge on any atom is -0.464 e. The van der Waals surface area contributed by atoms with Gasteiger partial charge in [0.1, 0.15) is 5.69 Å². The maximum atomic E-state index is 11.8. The number of ether oxygens (including phenoxy) is 1. The number of aromatic nitrogens is 2. The van der Waals surface area contributed by atoms with Gasteiger partial charge in [-0.1, -0.05) is 0 Å². The van der Waals surface area contributed by atoms with Crippen molar-refractivity contribution in [1.82, 2.24) is 19.4 Å². The highest BCUT2D eigenvalue weighted by atomic mass is 32.1. The monoisotopic (exact) mass is 298 g/mol. The molecule has 1 aliphatic rings. The van der Waals surface area contributed by atoms with Crippen molar-refractivity contribution in [3.8, 4) is 0 Å². The van der Waals surface area contributed by atoms with Gasteiger partial charge in [0, 0.05) is 46.2 Å². The summed E-state index contributed by atoms with van der Waals surface area (Å²) >= 11 is 5.19. The smallest absolute Gasteiger partial charge is 0.356 e. The molecule has 0 spiro atoms. The summed E-state index contributed by atoms with van der Waals surface area (Å²) < 4.78 is 7.21. The molecule has 0 amide bonds. The summed E-state index contributed by atoms with van der Waals surface area (Å²) in [6.45, 7) is 5.25. The van der Waals surface area contributed by atoms with Crippen molar-refractivity contribution in [2.24, 2.45) is 7.05 Å². The van der Waals surface area contributed by atoms with Gasteiger partial charge in [-0.15, -0.1) is 0 Å². The molecule has 0 saturated carbocycles. The number of aromatic amines is 1. The van der Waals surface area contributed by atoms with Crippen molar-refractivity contribution in [1.29, 1.82) is 0 Å². The highest BCUT2D eigenvalue weighted by Crippen LogP contribution is 2.11. The normalized spacial score (nSPS) is 17.4. The molecule has 0 radical (unpaired) electrons. The molecule has 1 aromatic heterocycles. The van der Waals surface area contributed by atoms with E-state index in [0.29, 0.717) is 10.5 Å². The van der Waals surface area contributed by atoms with Crippen LogP contribution in [0.4, 0.5) is 0 Å².